The van der Waals surface area contributed by atoms with Crippen LogP contribution in [0.4, 0.5) is 11.4 Å². The highest BCUT2D eigenvalue weighted by atomic mass is 15.1. The average molecular weight is 220 g/mol. The summed E-state index contributed by atoms with van der Waals surface area (Å²) in [7, 11) is 2.12. The summed E-state index contributed by atoms with van der Waals surface area (Å²) in [6.07, 6.45) is 1.18. The normalized spacial score (nSPS) is 12.9. The van der Waals surface area contributed by atoms with Crippen molar-refractivity contribution < 1.29 is 0 Å². The van der Waals surface area contributed by atoms with Gasteiger partial charge in [0, 0.05) is 13.1 Å². The number of aryl methyl sites for hydroxylation is 1. The van der Waals surface area contributed by atoms with Crippen LogP contribution in [0.5, 0.6) is 0 Å². The van der Waals surface area contributed by atoms with Crippen LogP contribution in [-0.4, -0.2) is 13.1 Å². The lowest BCUT2D eigenvalue weighted by molar-refractivity contribution is 0.504. The van der Waals surface area contributed by atoms with Crippen molar-refractivity contribution in [3.63, 3.8) is 0 Å². The van der Waals surface area contributed by atoms with Crippen LogP contribution in [0.1, 0.15) is 32.8 Å². The molecule has 0 aliphatic carbocycles. The Labute approximate surface area is 99.5 Å². The smallest absolute Gasteiger partial charge is 0.0602 e. The molecule has 0 saturated carbocycles. The lowest BCUT2D eigenvalue weighted by Gasteiger charge is -2.29. The van der Waals surface area contributed by atoms with Crippen molar-refractivity contribution >= 4 is 11.4 Å². The number of nitrogens with zero attached hydrogens (tertiary/aromatic N) is 1. The van der Waals surface area contributed by atoms with Gasteiger partial charge in [-0.05, 0) is 37.8 Å². The maximum atomic E-state index is 6.11. The number of para-hydroxylation sites is 1. The van der Waals surface area contributed by atoms with E-state index < -0.39 is 0 Å². The Morgan fingerprint density at radius 2 is 1.88 bits per heavy atom. The van der Waals surface area contributed by atoms with E-state index in [1.54, 1.807) is 0 Å². The van der Waals surface area contributed by atoms with E-state index in [-0.39, 0.29) is 0 Å². The van der Waals surface area contributed by atoms with Crippen LogP contribution in [0.3, 0.4) is 0 Å². The van der Waals surface area contributed by atoms with Gasteiger partial charge in [-0.2, -0.15) is 0 Å². The quantitative estimate of drug-likeness (QED) is 0.787. The molecular weight excluding hydrogens is 196 g/mol. The molecule has 0 spiro atoms. The third-order valence-corrected chi connectivity index (χ3v) is 3.15. The Morgan fingerprint density at radius 3 is 2.44 bits per heavy atom. The first kappa shape index (κ1) is 12.9. The molecule has 0 fully saturated rings. The van der Waals surface area contributed by atoms with Gasteiger partial charge in [-0.3, -0.25) is 0 Å². The second-order valence-electron chi connectivity index (χ2n) is 5.10. The summed E-state index contributed by atoms with van der Waals surface area (Å²) in [6, 6.07) is 6.74. The van der Waals surface area contributed by atoms with Crippen LogP contribution < -0.4 is 10.6 Å². The molecule has 1 aromatic rings. The van der Waals surface area contributed by atoms with Crippen LogP contribution >= 0.6 is 0 Å². The highest BCUT2D eigenvalue weighted by Gasteiger charge is 2.14. The van der Waals surface area contributed by atoms with Crippen LogP contribution in [0.15, 0.2) is 18.2 Å². The fourth-order valence-corrected chi connectivity index (χ4v) is 2.05. The molecule has 0 saturated heterocycles. The number of benzene rings is 1. The summed E-state index contributed by atoms with van der Waals surface area (Å²) in [5, 5.41) is 0. The zero-order chi connectivity index (χ0) is 12.3. The summed E-state index contributed by atoms with van der Waals surface area (Å²) < 4.78 is 0. The molecule has 0 heterocycles. The van der Waals surface area contributed by atoms with Gasteiger partial charge in [0.15, 0.2) is 0 Å². The predicted octanol–water partition coefficient (Wildman–Crippen LogP) is 3.45. The summed E-state index contributed by atoms with van der Waals surface area (Å²) in [6.45, 7) is 8.81. The van der Waals surface area contributed by atoms with Crippen molar-refractivity contribution in [1.29, 1.82) is 0 Å². The van der Waals surface area contributed by atoms with Crippen LogP contribution in [0, 0.1) is 12.8 Å². The summed E-state index contributed by atoms with van der Waals surface area (Å²) in [5.74, 6) is 0.712. The fraction of sp³-hybridized carbons (Fsp3) is 0.571. The molecule has 0 bridgehead atoms. The molecular formula is C14H24N2. The maximum absolute atomic E-state index is 6.11. The lowest BCUT2D eigenvalue weighted by Crippen LogP contribution is -2.30. The Morgan fingerprint density at radius 1 is 1.25 bits per heavy atom. The van der Waals surface area contributed by atoms with Crippen molar-refractivity contribution in [2.75, 3.05) is 17.7 Å². The molecule has 1 aromatic carbocycles. The molecule has 0 radical (unpaired) electrons. The van der Waals surface area contributed by atoms with Crippen molar-refractivity contribution in [3.05, 3.63) is 23.8 Å². The molecule has 1 atom stereocenters. The number of nitrogen functional groups attached to an aromatic ring is 1. The van der Waals surface area contributed by atoms with E-state index in [0.29, 0.717) is 12.0 Å². The van der Waals surface area contributed by atoms with E-state index in [0.717, 1.165) is 16.9 Å². The first-order valence-electron chi connectivity index (χ1n) is 6.01. The second kappa shape index (κ2) is 5.24. The van der Waals surface area contributed by atoms with Gasteiger partial charge in [-0.1, -0.05) is 26.0 Å². The largest absolute Gasteiger partial charge is 0.397 e. The first-order chi connectivity index (χ1) is 7.43. The number of rotatable bonds is 4. The fourth-order valence-electron chi connectivity index (χ4n) is 2.05. The third kappa shape index (κ3) is 2.91. The van der Waals surface area contributed by atoms with Crippen molar-refractivity contribution in [2.45, 2.75) is 40.2 Å². The third-order valence-electron chi connectivity index (χ3n) is 3.15. The number of anilines is 2. The predicted molar refractivity (Wildman–Crippen MR) is 72.9 cm³/mol. The van der Waals surface area contributed by atoms with Crippen LogP contribution in [0.25, 0.3) is 0 Å². The highest BCUT2D eigenvalue weighted by Crippen LogP contribution is 2.27. The van der Waals surface area contributed by atoms with Gasteiger partial charge in [-0.15, -0.1) is 0 Å². The zero-order valence-corrected chi connectivity index (χ0v) is 11.1. The zero-order valence-electron chi connectivity index (χ0n) is 11.1. The standard InChI is InChI=1S/C14H24N2/c1-10(2)9-12(4)16(5)13-8-6-7-11(3)14(13)15/h6-8,10,12H,9,15H2,1-5H3. The summed E-state index contributed by atoms with van der Waals surface area (Å²) in [4.78, 5) is 2.28. The van der Waals surface area contributed by atoms with E-state index in [9.17, 15) is 0 Å². The van der Waals surface area contributed by atoms with Crippen molar-refractivity contribution in [1.82, 2.24) is 0 Å². The minimum Gasteiger partial charge on any atom is -0.397 e. The van der Waals surface area contributed by atoms with Gasteiger partial charge in [0.05, 0.1) is 11.4 Å². The summed E-state index contributed by atoms with van der Waals surface area (Å²) >= 11 is 0. The Bertz CT molecular complexity index is 345. The Balaban J connectivity index is 2.87. The molecule has 90 valence electrons. The van der Waals surface area contributed by atoms with E-state index in [2.05, 4.69) is 57.8 Å². The SMILES string of the molecule is Cc1cccc(N(C)C(C)CC(C)C)c1N. The number of hydrogen-bond acceptors (Lipinski definition) is 2. The van der Waals surface area contributed by atoms with Gasteiger partial charge >= 0.3 is 0 Å². The highest BCUT2D eigenvalue weighted by molar-refractivity contribution is 5.70. The van der Waals surface area contributed by atoms with Crippen LogP contribution in [-0.2, 0) is 0 Å². The molecule has 1 rings (SSSR count). The monoisotopic (exact) mass is 220 g/mol. The molecule has 0 aliphatic heterocycles. The topological polar surface area (TPSA) is 29.3 Å². The minimum atomic E-state index is 0.518. The minimum absolute atomic E-state index is 0.518. The molecule has 16 heavy (non-hydrogen) atoms. The number of hydrogen-bond donors (Lipinski definition) is 1. The van der Waals surface area contributed by atoms with Gasteiger partial charge in [0.25, 0.3) is 0 Å². The molecule has 0 amide bonds. The van der Waals surface area contributed by atoms with Crippen LogP contribution in [0.2, 0.25) is 0 Å². The Kier molecular flexibility index (Phi) is 4.22. The molecule has 0 aromatic heterocycles. The molecule has 0 aliphatic rings. The first-order valence-corrected chi connectivity index (χ1v) is 6.01. The molecule has 2 heteroatoms. The second-order valence-corrected chi connectivity index (χ2v) is 5.10. The van der Waals surface area contributed by atoms with E-state index >= 15 is 0 Å². The van der Waals surface area contributed by atoms with Gasteiger partial charge < -0.3 is 10.6 Å². The lowest BCUT2D eigenvalue weighted by atomic mass is 10.0. The summed E-state index contributed by atoms with van der Waals surface area (Å²) in [5.41, 5.74) is 9.31. The van der Waals surface area contributed by atoms with Crippen molar-refractivity contribution in [3.8, 4) is 0 Å². The number of nitrogens with two attached hydrogens (primary N) is 1. The Hall–Kier alpha value is -1.18. The van der Waals surface area contributed by atoms with E-state index in [4.69, 9.17) is 5.73 Å². The van der Waals surface area contributed by atoms with Gasteiger partial charge in [0.1, 0.15) is 0 Å². The van der Waals surface area contributed by atoms with Crippen molar-refractivity contribution in [2.24, 2.45) is 5.92 Å². The molecule has 2 nitrogen and oxygen atoms in total. The maximum Gasteiger partial charge on any atom is 0.0602 e. The average Bonchev–Trinajstić information content (AvgIpc) is 2.20. The molecule has 1 unspecified atom stereocenters. The van der Waals surface area contributed by atoms with E-state index in [1.165, 1.54) is 6.42 Å². The van der Waals surface area contributed by atoms with Gasteiger partial charge in [-0.25, -0.2) is 0 Å². The van der Waals surface area contributed by atoms with E-state index in [1.807, 2.05) is 0 Å². The molecule has 2 N–H and O–H groups in total. The van der Waals surface area contributed by atoms with Gasteiger partial charge in [0.2, 0.25) is 0 Å².